The summed E-state index contributed by atoms with van der Waals surface area (Å²) in [5.41, 5.74) is 0. The van der Waals surface area contributed by atoms with Gasteiger partial charge in [0.05, 0.1) is 0 Å². The van der Waals surface area contributed by atoms with Crippen molar-refractivity contribution in [2.75, 3.05) is 0 Å². The van der Waals surface area contributed by atoms with Gasteiger partial charge in [-0.25, -0.2) is 8.78 Å². The van der Waals surface area contributed by atoms with Crippen LogP contribution in [0.25, 0.3) is 0 Å². The molecular formula is C3HF4. The highest BCUT2D eigenvalue weighted by molar-refractivity contribution is 5.24. The summed E-state index contributed by atoms with van der Waals surface area (Å²) >= 11 is 0. The average Bonchev–Trinajstić information content (AvgIpc) is 1.91. The first kappa shape index (κ1) is 4.87. The van der Waals surface area contributed by atoms with Crippen LogP contribution >= 0.6 is 0 Å². The Balaban J connectivity index is 2.52. The molecule has 0 aliphatic heterocycles. The molecule has 1 rings (SSSR count). The summed E-state index contributed by atoms with van der Waals surface area (Å²) < 4.78 is 44.5. The third kappa shape index (κ3) is 0.421. The van der Waals surface area contributed by atoms with Crippen molar-refractivity contribution in [3.05, 3.63) is 6.17 Å². The van der Waals surface area contributed by atoms with E-state index in [1.807, 2.05) is 0 Å². The van der Waals surface area contributed by atoms with Crippen molar-refractivity contribution in [1.82, 2.24) is 0 Å². The zero-order valence-electron chi connectivity index (χ0n) is 3.09. The fourth-order valence-corrected chi connectivity index (χ4v) is 0.216. The maximum absolute atomic E-state index is 11.1. The van der Waals surface area contributed by atoms with Crippen LogP contribution in [0.2, 0.25) is 0 Å². The molecule has 0 amide bonds. The van der Waals surface area contributed by atoms with Crippen LogP contribution in [0.3, 0.4) is 0 Å². The Morgan fingerprint density at radius 2 is 1.57 bits per heavy atom. The van der Waals surface area contributed by atoms with Gasteiger partial charge in [0.1, 0.15) is 0 Å². The van der Waals surface area contributed by atoms with Gasteiger partial charge in [0.2, 0.25) is 6.17 Å². The molecule has 0 aromatic rings. The van der Waals surface area contributed by atoms with Crippen LogP contribution in [0.4, 0.5) is 17.6 Å². The smallest absolute Gasteiger partial charge is 0.237 e. The minimum Gasteiger partial charge on any atom is -0.237 e. The van der Waals surface area contributed by atoms with Crippen molar-refractivity contribution in [3.63, 3.8) is 0 Å². The van der Waals surface area contributed by atoms with E-state index in [2.05, 4.69) is 0 Å². The fourth-order valence-electron chi connectivity index (χ4n) is 0.216. The van der Waals surface area contributed by atoms with E-state index in [0.717, 1.165) is 0 Å². The molecule has 0 N–H and O–H groups in total. The third-order valence-electron chi connectivity index (χ3n) is 0.776. The third-order valence-corrected chi connectivity index (χ3v) is 0.776. The van der Waals surface area contributed by atoms with E-state index in [-0.39, 0.29) is 0 Å². The number of hydrogen-bond acceptors (Lipinski definition) is 0. The van der Waals surface area contributed by atoms with E-state index in [1.54, 1.807) is 0 Å². The molecule has 4 heteroatoms. The molecule has 1 aliphatic rings. The molecule has 7 heavy (non-hydrogen) atoms. The van der Waals surface area contributed by atoms with Crippen molar-refractivity contribution >= 4 is 0 Å². The van der Waals surface area contributed by atoms with Crippen LogP contribution in [0.1, 0.15) is 0 Å². The predicted molar refractivity (Wildman–Crippen MR) is 14.2 cm³/mol. The molecule has 1 aliphatic carbocycles. The minimum absolute atomic E-state index is 1.84. The van der Waals surface area contributed by atoms with Crippen molar-refractivity contribution in [3.8, 4) is 0 Å². The topological polar surface area (TPSA) is 0 Å². The van der Waals surface area contributed by atoms with Gasteiger partial charge in [-0.1, -0.05) is 0 Å². The highest BCUT2D eigenvalue weighted by Gasteiger charge is 2.73. The van der Waals surface area contributed by atoms with Gasteiger partial charge in [-0.05, 0) is 0 Å². The van der Waals surface area contributed by atoms with Gasteiger partial charge in [0.15, 0.2) is 0 Å². The molecule has 0 spiro atoms. The molecule has 0 aromatic heterocycles. The molecule has 0 aromatic carbocycles. The second-order valence-electron chi connectivity index (χ2n) is 1.33. The van der Waals surface area contributed by atoms with Gasteiger partial charge in [0.25, 0.3) is 6.17 Å². The zero-order chi connectivity index (χ0) is 5.65. The molecular weight excluding hydrogens is 112 g/mol. The Morgan fingerprint density at radius 1 is 1.43 bits per heavy atom. The summed E-state index contributed by atoms with van der Waals surface area (Å²) in [5.74, 6) is -3.75. The fraction of sp³-hybridized carbons (Fsp3) is 0.667. The first-order valence-electron chi connectivity index (χ1n) is 1.61. The lowest BCUT2D eigenvalue weighted by Crippen LogP contribution is -1.91. The SMILES string of the molecule is F[C]1C(F)C1(F)F. The lowest BCUT2D eigenvalue weighted by Gasteiger charge is -1.78. The molecule has 1 atom stereocenters. The highest BCUT2D eigenvalue weighted by Crippen LogP contribution is 2.54. The van der Waals surface area contributed by atoms with Crippen LogP contribution in [0.5, 0.6) is 0 Å². The van der Waals surface area contributed by atoms with Gasteiger partial charge in [-0.2, -0.15) is 8.78 Å². The zero-order valence-corrected chi connectivity index (χ0v) is 3.09. The Hall–Kier alpha value is -0.280. The van der Waals surface area contributed by atoms with Crippen LogP contribution < -0.4 is 0 Å². The van der Waals surface area contributed by atoms with Gasteiger partial charge < -0.3 is 0 Å². The van der Waals surface area contributed by atoms with Crippen molar-refractivity contribution in [1.29, 1.82) is 0 Å². The van der Waals surface area contributed by atoms with Gasteiger partial charge >= 0.3 is 5.92 Å². The standard InChI is InChI=1S/C3HF4/c4-1-2(5)3(1,6)7/h1H. The van der Waals surface area contributed by atoms with Crippen LogP contribution in [0, 0.1) is 6.17 Å². The Kier molecular flexibility index (Phi) is 0.645. The Bertz CT molecular complexity index is 78.9. The molecule has 0 bridgehead atoms. The summed E-state index contributed by atoms with van der Waals surface area (Å²) in [6, 6.07) is 0. The molecule has 0 nitrogen and oxygen atoms in total. The van der Waals surface area contributed by atoms with E-state index in [9.17, 15) is 17.6 Å². The monoisotopic (exact) mass is 113 g/mol. The van der Waals surface area contributed by atoms with E-state index >= 15 is 0 Å². The van der Waals surface area contributed by atoms with Crippen molar-refractivity contribution in [2.24, 2.45) is 0 Å². The number of rotatable bonds is 0. The molecule has 0 saturated heterocycles. The first-order chi connectivity index (χ1) is 3.07. The maximum Gasteiger partial charge on any atom is 0.322 e. The van der Waals surface area contributed by atoms with E-state index in [0.29, 0.717) is 0 Å². The Morgan fingerprint density at radius 3 is 1.57 bits per heavy atom. The number of halogens is 4. The molecule has 1 unspecified atom stereocenters. The normalized spacial score (nSPS) is 38.6. The number of hydrogen-bond donors (Lipinski definition) is 0. The largest absolute Gasteiger partial charge is 0.322 e. The summed E-state index contributed by atoms with van der Waals surface area (Å²) in [6.45, 7) is 0. The molecule has 1 saturated carbocycles. The van der Waals surface area contributed by atoms with Crippen molar-refractivity contribution in [2.45, 2.75) is 12.1 Å². The molecule has 41 valence electrons. The average molecular weight is 113 g/mol. The van der Waals surface area contributed by atoms with Crippen LogP contribution in [-0.2, 0) is 0 Å². The Labute approximate surface area is 37.1 Å². The van der Waals surface area contributed by atoms with Crippen LogP contribution in [0.15, 0.2) is 0 Å². The lowest BCUT2D eigenvalue weighted by atomic mass is 10.8. The van der Waals surface area contributed by atoms with Crippen molar-refractivity contribution < 1.29 is 17.6 Å². The summed E-state index contributed by atoms with van der Waals surface area (Å²) in [5, 5.41) is 0. The summed E-state index contributed by atoms with van der Waals surface area (Å²) in [7, 11) is 0. The van der Waals surface area contributed by atoms with Crippen LogP contribution in [-0.4, -0.2) is 12.1 Å². The first-order valence-corrected chi connectivity index (χ1v) is 1.61. The second kappa shape index (κ2) is 0.928. The predicted octanol–water partition coefficient (Wildman–Crippen LogP) is 1.47. The van der Waals surface area contributed by atoms with Gasteiger partial charge in [-0.3, -0.25) is 0 Å². The lowest BCUT2D eigenvalue weighted by molar-refractivity contribution is 0.0830. The summed E-state index contributed by atoms with van der Waals surface area (Å²) in [4.78, 5) is 0. The second-order valence-corrected chi connectivity index (χ2v) is 1.33. The maximum atomic E-state index is 11.1. The molecule has 1 fully saturated rings. The summed E-state index contributed by atoms with van der Waals surface area (Å²) in [6.07, 6.45) is -4.46. The van der Waals surface area contributed by atoms with Gasteiger partial charge in [0, 0.05) is 0 Å². The molecule has 1 radical (unpaired) electrons. The quantitative estimate of drug-likeness (QED) is 0.417. The number of alkyl halides is 3. The van der Waals surface area contributed by atoms with E-state index in [1.165, 1.54) is 0 Å². The minimum atomic E-state index is -3.75. The van der Waals surface area contributed by atoms with Gasteiger partial charge in [-0.15, -0.1) is 0 Å². The van der Waals surface area contributed by atoms with E-state index < -0.39 is 18.3 Å². The van der Waals surface area contributed by atoms with E-state index in [4.69, 9.17) is 0 Å². The molecule has 0 heterocycles. The highest BCUT2D eigenvalue weighted by atomic mass is 19.3.